The van der Waals surface area contributed by atoms with Gasteiger partial charge in [-0.3, -0.25) is 0 Å². The highest BCUT2D eigenvalue weighted by Crippen LogP contribution is 2.39. The summed E-state index contributed by atoms with van der Waals surface area (Å²) in [4.78, 5) is 14.9. The van der Waals surface area contributed by atoms with Crippen LogP contribution in [0.4, 0.5) is 0 Å². The van der Waals surface area contributed by atoms with Crippen molar-refractivity contribution in [3.8, 4) is 73.2 Å². The van der Waals surface area contributed by atoms with Gasteiger partial charge in [0.25, 0.3) is 0 Å². The Labute approximate surface area is 363 Å². The predicted molar refractivity (Wildman–Crippen MR) is 254 cm³/mol. The molecular formula is C57H36N4O. The molecule has 3 heterocycles. The third-order valence-corrected chi connectivity index (χ3v) is 11.6. The molecule has 0 bridgehead atoms. The van der Waals surface area contributed by atoms with E-state index in [1.165, 1.54) is 0 Å². The van der Waals surface area contributed by atoms with Gasteiger partial charge in [-0.05, 0) is 64.2 Å². The molecule has 0 N–H and O–H groups in total. The van der Waals surface area contributed by atoms with Gasteiger partial charge in [0.1, 0.15) is 11.2 Å². The first-order chi connectivity index (χ1) is 32.4. The fourth-order valence-corrected chi connectivity index (χ4v) is 8.56. The minimum Gasteiger partial charge on any atom is -0.456 e. The third-order valence-electron chi connectivity index (χ3n) is 11.6. The molecule has 12 rings (SSSR count). The molecule has 5 heteroatoms. The van der Waals surface area contributed by atoms with Gasteiger partial charge in [0.05, 0.1) is 16.5 Å². The van der Waals surface area contributed by atoms with Crippen LogP contribution in [-0.4, -0.2) is 19.5 Å². The Bertz CT molecular complexity index is 3830. The van der Waals surface area contributed by atoms with Crippen LogP contribution in [0.5, 0.6) is 0 Å². The van der Waals surface area contributed by atoms with Crippen molar-refractivity contribution in [2.75, 3.05) is 0 Å². The Kier molecular flexibility index (Phi) is 7.47. The summed E-state index contributed by atoms with van der Waals surface area (Å²) in [5.41, 5.74) is 12.3. The van der Waals surface area contributed by atoms with Gasteiger partial charge in [0, 0.05) is 49.5 Å². The van der Waals surface area contributed by atoms with Crippen LogP contribution in [0.25, 0.3) is 117 Å². The van der Waals surface area contributed by atoms with E-state index < -0.39 is 0 Å². The van der Waals surface area contributed by atoms with Gasteiger partial charge in [0.2, 0.25) is 0 Å². The van der Waals surface area contributed by atoms with Crippen molar-refractivity contribution in [1.29, 1.82) is 0 Å². The van der Waals surface area contributed by atoms with Crippen LogP contribution in [0, 0.1) is 0 Å². The first-order valence-electron chi connectivity index (χ1n) is 22.5. The highest BCUT2D eigenvalue weighted by molar-refractivity contribution is 6.14. The monoisotopic (exact) mass is 796 g/mol. The van der Waals surface area contributed by atoms with E-state index in [0.29, 0.717) is 28.4 Å². The molecule has 0 saturated carbocycles. The minimum atomic E-state index is -0.268. The van der Waals surface area contributed by atoms with Crippen molar-refractivity contribution in [1.82, 2.24) is 19.5 Å². The Hall–Kier alpha value is -8.41. The number of benzene rings is 9. The van der Waals surface area contributed by atoms with Crippen molar-refractivity contribution in [2.24, 2.45) is 0 Å². The molecule has 0 saturated heterocycles. The zero-order chi connectivity index (χ0) is 44.5. The van der Waals surface area contributed by atoms with Crippen molar-refractivity contribution < 1.29 is 9.90 Å². The molecule has 5 nitrogen and oxygen atoms in total. The van der Waals surface area contributed by atoms with Crippen LogP contribution in [0.1, 0.15) is 5.48 Å². The number of furan rings is 1. The maximum absolute atomic E-state index is 9.16. The minimum absolute atomic E-state index is 0.0588. The van der Waals surface area contributed by atoms with E-state index in [4.69, 9.17) is 24.9 Å². The fourth-order valence-electron chi connectivity index (χ4n) is 8.56. The molecule has 12 aromatic rings. The summed E-state index contributed by atoms with van der Waals surface area (Å²) in [6, 6.07) is 64.3. The zero-order valence-corrected chi connectivity index (χ0v) is 33.2. The Balaban J connectivity index is 0.929. The lowest BCUT2D eigenvalue weighted by atomic mass is 9.98. The van der Waals surface area contributed by atoms with Crippen molar-refractivity contribution in [3.05, 3.63) is 218 Å². The molecule has 0 atom stereocenters. The van der Waals surface area contributed by atoms with Gasteiger partial charge in [-0.25, -0.2) is 15.0 Å². The molecule has 0 radical (unpaired) electrons. The largest absolute Gasteiger partial charge is 0.456 e. The molecule has 290 valence electrons. The van der Waals surface area contributed by atoms with Gasteiger partial charge < -0.3 is 8.98 Å². The molecule has 0 aliphatic heterocycles. The maximum Gasteiger partial charge on any atom is 0.164 e. The van der Waals surface area contributed by atoms with Crippen LogP contribution < -0.4 is 0 Å². The van der Waals surface area contributed by atoms with Crippen LogP contribution in [0.3, 0.4) is 0 Å². The van der Waals surface area contributed by atoms with Crippen LogP contribution in [-0.2, 0) is 0 Å². The van der Waals surface area contributed by atoms with Crippen LogP contribution >= 0.6 is 0 Å². The summed E-state index contributed by atoms with van der Waals surface area (Å²) < 4.78 is 43.7. The molecule has 9 aromatic carbocycles. The standard InChI is InChI=1S/C57H36N4O/c1-3-12-37(13-4-1)38-22-26-41(27-23-38)46-18-11-19-50-47-16-7-9-20-51(47)61(54(46)50)45-33-30-40(31-34-45)39-24-28-43(29-25-39)56-58-55(42-14-5-2-6-15-42)59-57(60-56)44-32-35-49-48-17-8-10-21-52(48)62-53(49)36-44/h1-36H/i7D,9D,16D,20D. The van der Waals surface area contributed by atoms with E-state index in [9.17, 15) is 0 Å². The molecule has 62 heavy (non-hydrogen) atoms. The summed E-state index contributed by atoms with van der Waals surface area (Å²) in [6.45, 7) is 0. The van der Waals surface area contributed by atoms with Crippen molar-refractivity contribution in [2.45, 2.75) is 0 Å². The quantitative estimate of drug-likeness (QED) is 0.161. The van der Waals surface area contributed by atoms with Crippen molar-refractivity contribution in [3.63, 3.8) is 0 Å². The van der Waals surface area contributed by atoms with Crippen LogP contribution in [0.15, 0.2) is 223 Å². The first-order valence-corrected chi connectivity index (χ1v) is 20.5. The lowest BCUT2D eigenvalue weighted by Crippen LogP contribution is -2.00. The smallest absolute Gasteiger partial charge is 0.164 e. The fraction of sp³-hybridized carbons (Fsp3) is 0. The molecule has 0 spiro atoms. The Morgan fingerprint density at radius 3 is 1.58 bits per heavy atom. The predicted octanol–water partition coefficient (Wildman–Crippen LogP) is 14.9. The molecule has 3 aromatic heterocycles. The summed E-state index contributed by atoms with van der Waals surface area (Å²) in [7, 11) is 0. The SMILES string of the molecule is [2H]c1c([2H])c([2H])c2c(c1[2H])c1cccc(-c3ccc(-c4ccccc4)cc3)c1n2-c1ccc(-c2ccc(-c3nc(-c4ccccc4)nc(-c4ccc5c(c4)oc4ccccc45)n3)cc2)cc1. The highest BCUT2D eigenvalue weighted by atomic mass is 16.3. The lowest BCUT2D eigenvalue weighted by Gasteiger charge is -2.13. The molecular weight excluding hydrogens is 757 g/mol. The average molecular weight is 797 g/mol. The number of rotatable bonds is 7. The van der Waals surface area contributed by atoms with E-state index in [1.54, 1.807) is 0 Å². The first kappa shape index (κ1) is 31.5. The molecule has 0 amide bonds. The van der Waals surface area contributed by atoms with E-state index in [2.05, 4.69) is 66.7 Å². The molecule has 0 fully saturated rings. The number of nitrogens with zero attached hydrogens (tertiary/aromatic N) is 4. The Morgan fingerprint density at radius 1 is 0.371 bits per heavy atom. The second-order valence-corrected chi connectivity index (χ2v) is 15.3. The average Bonchev–Trinajstić information content (AvgIpc) is 3.94. The van der Waals surface area contributed by atoms with Gasteiger partial charge in [-0.2, -0.15) is 0 Å². The molecule has 0 aliphatic rings. The number of hydrogen-bond donors (Lipinski definition) is 0. The van der Waals surface area contributed by atoms with Gasteiger partial charge in [-0.1, -0.05) is 182 Å². The summed E-state index contributed by atoms with van der Waals surface area (Å²) in [5, 5.41) is 3.35. The number of para-hydroxylation sites is 3. The van der Waals surface area contributed by atoms with E-state index in [-0.39, 0.29) is 24.2 Å². The second-order valence-electron chi connectivity index (χ2n) is 15.3. The van der Waals surface area contributed by atoms with Gasteiger partial charge in [-0.15, -0.1) is 0 Å². The maximum atomic E-state index is 9.16. The van der Waals surface area contributed by atoms with Crippen molar-refractivity contribution >= 4 is 43.7 Å². The zero-order valence-electron chi connectivity index (χ0n) is 37.2. The third kappa shape index (κ3) is 6.14. The van der Waals surface area contributed by atoms with E-state index in [0.717, 1.165) is 88.6 Å². The van der Waals surface area contributed by atoms with E-state index >= 15 is 0 Å². The topological polar surface area (TPSA) is 56.7 Å². The van der Waals surface area contributed by atoms with E-state index in [1.807, 2.05) is 132 Å². The van der Waals surface area contributed by atoms with Gasteiger partial charge >= 0.3 is 0 Å². The lowest BCUT2D eigenvalue weighted by molar-refractivity contribution is 0.669. The molecule has 0 unspecified atom stereocenters. The summed E-state index contributed by atoms with van der Waals surface area (Å²) >= 11 is 0. The van der Waals surface area contributed by atoms with Crippen LogP contribution in [0.2, 0.25) is 0 Å². The second kappa shape index (κ2) is 14.7. The number of hydrogen-bond acceptors (Lipinski definition) is 4. The number of fused-ring (bicyclic) bond motifs is 6. The summed E-state index contributed by atoms with van der Waals surface area (Å²) in [5.74, 6) is 1.66. The molecule has 0 aliphatic carbocycles. The highest BCUT2D eigenvalue weighted by Gasteiger charge is 2.18. The number of aromatic nitrogens is 4. The summed E-state index contributed by atoms with van der Waals surface area (Å²) in [6.07, 6.45) is 0. The Morgan fingerprint density at radius 2 is 0.871 bits per heavy atom. The normalized spacial score (nSPS) is 12.5. The van der Waals surface area contributed by atoms with Gasteiger partial charge in [0.15, 0.2) is 17.5 Å².